The van der Waals surface area contributed by atoms with Gasteiger partial charge in [-0.05, 0) is 63.4 Å². The molecule has 1 rings (SSSR count). The average Bonchev–Trinajstić information content (AvgIpc) is 2.43. The first-order valence-corrected chi connectivity index (χ1v) is 6.31. The van der Waals surface area contributed by atoms with E-state index < -0.39 is 0 Å². The molecule has 1 aromatic carbocycles. The van der Waals surface area contributed by atoms with Gasteiger partial charge in [-0.3, -0.25) is 0 Å². The van der Waals surface area contributed by atoms with Crippen LogP contribution in [0.15, 0.2) is 29.4 Å². The molecule has 0 spiro atoms. The maximum atomic E-state index is 8.89. The first-order chi connectivity index (χ1) is 8.98. The fraction of sp³-hybridized carbons (Fsp3) is 0.467. The second-order valence-electron chi connectivity index (χ2n) is 5.16. The number of hydrogen-bond donors (Lipinski definition) is 1. The largest absolute Gasteiger partial charge is 0.494 e. The van der Waals surface area contributed by atoms with Crippen molar-refractivity contribution in [3.05, 3.63) is 29.8 Å². The highest BCUT2D eigenvalue weighted by Gasteiger charge is 2.15. The van der Waals surface area contributed by atoms with Crippen molar-refractivity contribution in [2.75, 3.05) is 6.61 Å². The van der Waals surface area contributed by atoms with E-state index in [9.17, 15) is 0 Å². The Labute approximate surface area is 114 Å². The normalized spacial score (nSPS) is 12.0. The van der Waals surface area contributed by atoms with Crippen LogP contribution in [0.5, 0.6) is 5.75 Å². The minimum Gasteiger partial charge on any atom is -0.494 e. The van der Waals surface area contributed by atoms with Crippen molar-refractivity contribution in [1.82, 2.24) is 0 Å². The monoisotopic (exact) mass is 260 g/mol. The average molecular weight is 260 g/mol. The number of hydrogen-bond acceptors (Lipinski definition) is 4. The molecule has 0 aliphatic heterocycles. The van der Waals surface area contributed by atoms with E-state index in [1.54, 1.807) is 6.92 Å². The molecule has 102 valence electrons. The first-order valence-electron chi connectivity index (χ1n) is 6.31. The fourth-order valence-corrected chi connectivity index (χ4v) is 1.61. The van der Waals surface area contributed by atoms with E-state index in [0.29, 0.717) is 12.3 Å². The summed E-state index contributed by atoms with van der Waals surface area (Å²) in [5, 5.41) is 20.7. The van der Waals surface area contributed by atoms with Gasteiger partial charge >= 0.3 is 0 Å². The van der Waals surface area contributed by atoms with Crippen molar-refractivity contribution in [2.45, 2.75) is 33.6 Å². The molecule has 0 bridgehead atoms. The second kappa shape index (κ2) is 6.79. The molecule has 0 unspecified atom stereocenters. The Balaban J connectivity index is 2.41. The van der Waals surface area contributed by atoms with E-state index in [4.69, 9.17) is 15.2 Å². The molecule has 0 amide bonds. The molecule has 0 aliphatic carbocycles. The molecule has 4 nitrogen and oxygen atoms in total. The van der Waals surface area contributed by atoms with Crippen LogP contribution in [0.2, 0.25) is 0 Å². The van der Waals surface area contributed by atoms with Crippen LogP contribution in [-0.2, 0) is 0 Å². The Kier molecular flexibility index (Phi) is 5.37. The molecule has 0 saturated heterocycles. The van der Waals surface area contributed by atoms with Gasteiger partial charge in [0, 0.05) is 0 Å². The van der Waals surface area contributed by atoms with Gasteiger partial charge in [-0.2, -0.15) is 5.26 Å². The summed E-state index contributed by atoms with van der Waals surface area (Å²) >= 11 is 0. The summed E-state index contributed by atoms with van der Waals surface area (Å²) < 4.78 is 5.60. The second-order valence-corrected chi connectivity index (χ2v) is 5.16. The Morgan fingerprint density at radius 2 is 2.00 bits per heavy atom. The number of benzene rings is 1. The zero-order chi connectivity index (χ0) is 14.3. The molecule has 4 heteroatoms. The first kappa shape index (κ1) is 15.0. The van der Waals surface area contributed by atoms with Crippen molar-refractivity contribution in [3.63, 3.8) is 0 Å². The van der Waals surface area contributed by atoms with Gasteiger partial charge in [-0.1, -0.05) is 5.16 Å². The Morgan fingerprint density at radius 3 is 2.53 bits per heavy atom. The van der Waals surface area contributed by atoms with Crippen molar-refractivity contribution < 1.29 is 9.94 Å². The third-order valence-corrected chi connectivity index (χ3v) is 2.94. The highest BCUT2D eigenvalue weighted by atomic mass is 16.5. The number of oxime groups is 1. The standard InChI is InChI=1S/C15H20N2O2/c1-12(17-18)13-5-7-14(8-6-13)19-10-4-9-15(2,3)11-16/h5-8,18H,4,9-10H2,1-3H3. The lowest BCUT2D eigenvalue weighted by atomic mass is 9.90. The molecule has 1 N–H and O–H groups in total. The molecule has 0 radical (unpaired) electrons. The van der Waals surface area contributed by atoms with Gasteiger partial charge in [-0.15, -0.1) is 0 Å². The number of nitriles is 1. The molecular formula is C15H20N2O2. The molecule has 0 heterocycles. The van der Waals surface area contributed by atoms with Gasteiger partial charge < -0.3 is 9.94 Å². The van der Waals surface area contributed by atoms with Crippen molar-refractivity contribution in [2.24, 2.45) is 10.6 Å². The summed E-state index contributed by atoms with van der Waals surface area (Å²) in [4.78, 5) is 0. The van der Waals surface area contributed by atoms with Gasteiger partial charge in [0.1, 0.15) is 5.75 Å². The lowest BCUT2D eigenvalue weighted by molar-refractivity contribution is 0.284. The molecule has 0 aliphatic rings. The van der Waals surface area contributed by atoms with E-state index in [1.807, 2.05) is 38.1 Å². The summed E-state index contributed by atoms with van der Waals surface area (Å²) in [5.41, 5.74) is 1.14. The SMILES string of the molecule is CC(=NO)c1ccc(OCCCC(C)(C)C#N)cc1. The van der Waals surface area contributed by atoms with Gasteiger partial charge in [0.15, 0.2) is 0 Å². The topological polar surface area (TPSA) is 65.6 Å². The minimum atomic E-state index is -0.290. The molecular weight excluding hydrogens is 240 g/mol. The number of ether oxygens (including phenoxy) is 1. The quantitative estimate of drug-likeness (QED) is 0.368. The summed E-state index contributed by atoms with van der Waals surface area (Å²) in [6.07, 6.45) is 1.66. The highest BCUT2D eigenvalue weighted by molar-refractivity contribution is 5.98. The van der Waals surface area contributed by atoms with Gasteiger partial charge in [0.05, 0.1) is 23.8 Å². The third-order valence-electron chi connectivity index (χ3n) is 2.94. The maximum absolute atomic E-state index is 8.89. The van der Waals surface area contributed by atoms with Crippen LogP contribution >= 0.6 is 0 Å². The van der Waals surface area contributed by atoms with E-state index in [0.717, 1.165) is 24.2 Å². The molecule has 0 atom stereocenters. The van der Waals surface area contributed by atoms with Crippen LogP contribution in [0.25, 0.3) is 0 Å². The summed E-state index contributed by atoms with van der Waals surface area (Å²) in [6.45, 7) is 6.19. The zero-order valence-corrected chi connectivity index (χ0v) is 11.7. The highest BCUT2D eigenvalue weighted by Crippen LogP contribution is 2.21. The predicted octanol–water partition coefficient (Wildman–Crippen LogP) is 3.59. The van der Waals surface area contributed by atoms with Crippen molar-refractivity contribution >= 4 is 5.71 Å². The Bertz CT molecular complexity index is 470. The predicted molar refractivity (Wildman–Crippen MR) is 74.6 cm³/mol. The number of rotatable bonds is 6. The van der Waals surface area contributed by atoms with Crippen LogP contribution in [0.3, 0.4) is 0 Å². The summed E-state index contributed by atoms with van der Waals surface area (Å²) in [5.74, 6) is 0.782. The van der Waals surface area contributed by atoms with E-state index >= 15 is 0 Å². The van der Waals surface area contributed by atoms with E-state index in [2.05, 4.69) is 11.2 Å². The zero-order valence-electron chi connectivity index (χ0n) is 11.7. The Morgan fingerprint density at radius 1 is 1.37 bits per heavy atom. The van der Waals surface area contributed by atoms with Crippen LogP contribution in [0, 0.1) is 16.7 Å². The van der Waals surface area contributed by atoms with Crippen LogP contribution in [-0.4, -0.2) is 17.5 Å². The molecule has 1 aromatic rings. The summed E-state index contributed by atoms with van der Waals surface area (Å²) in [7, 11) is 0. The van der Waals surface area contributed by atoms with Crippen LogP contribution in [0.1, 0.15) is 39.2 Å². The summed E-state index contributed by atoms with van der Waals surface area (Å²) in [6, 6.07) is 9.67. The number of nitrogens with zero attached hydrogens (tertiary/aromatic N) is 2. The Hall–Kier alpha value is -2.02. The smallest absolute Gasteiger partial charge is 0.119 e. The van der Waals surface area contributed by atoms with E-state index in [1.165, 1.54) is 0 Å². The maximum Gasteiger partial charge on any atom is 0.119 e. The molecule has 19 heavy (non-hydrogen) atoms. The molecule has 0 aromatic heterocycles. The lowest BCUT2D eigenvalue weighted by Crippen LogP contribution is -2.10. The van der Waals surface area contributed by atoms with Gasteiger partial charge in [-0.25, -0.2) is 0 Å². The van der Waals surface area contributed by atoms with Gasteiger partial charge in [0.2, 0.25) is 0 Å². The van der Waals surface area contributed by atoms with Crippen molar-refractivity contribution in [1.29, 1.82) is 5.26 Å². The van der Waals surface area contributed by atoms with Crippen molar-refractivity contribution in [3.8, 4) is 11.8 Å². The third kappa shape index (κ3) is 5.01. The molecule has 0 fully saturated rings. The lowest BCUT2D eigenvalue weighted by Gasteiger charge is -2.14. The minimum absolute atomic E-state index is 0.290. The van der Waals surface area contributed by atoms with Crippen LogP contribution in [0.4, 0.5) is 0 Å². The van der Waals surface area contributed by atoms with E-state index in [-0.39, 0.29) is 5.41 Å². The van der Waals surface area contributed by atoms with Crippen LogP contribution < -0.4 is 4.74 Å². The molecule has 0 saturated carbocycles. The van der Waals surface area contributed by atoms with Gasteiger partial charge in [0.25, 0.3) is 0 Å². The fourth-order valence-electron chi connectivity index (χ4n) is 1.61.